The van der Waals surface area contributed by atoms with Gasteiger partial charge in [-0.1, -0.05) is 13.8 Å². The maximum absolute atomic E-state index is 11.2. The van der Waals surface area contributed by atoms with Gasteiger partial charge in [0.25, 0.3) is 0 Å². The van der Waals surface area contributed by atoms with Crippen LogP contribution in [0.2, 0.25) is 0 Å². The van der Waals surface area contributed by atoms with Crippen LogP contribution in [-0.4, -0.2) is 9.55 Å². The van der Waals surface area contributed by atoms with Gasteiger partial charge in [-0.3, -0.25) is 0 Å². The molecule has 0 spiro atoms. The van der Waals surface area contributed by atoms with Gasteiger partial charge in [-0.2, -0.15) is 10.2 Å². The van der Waals surface area contributed by atoms with Crippen LogP contribution in [0, 0.1) is 11.3 Å². The molecule has 0 bridgehead atoms. The highest BCUT2D eigenvalue weighted by atomic mass is 16.1. The van der Waals surface area contributed by atoms with Crippen LogP contribution in [0.5, 0.6) is 0 Å². The summed E-state index contributed by atoms with van der Waals surface area (Å²) in [5.41, 5.74) is 0.727. The van der Waals surface area contributed by atoms with Gasteiger partial charge in [-0.05, 0) is 5.92 Å². The van der Waals surface area contributed by atoms with E-state index in [1.807, 2.05) is 19.9 Å². The average molecular weight is 177 g/mol. The molecular weight excluding hydrogens is 166 g/mol. The lowest BCUT2D eigenvalue weighted by molar-refractivity contribution is 0.738. The van der Waals surface area contributed by atoms with Gasteiger partial charge in [0, 0.05) is 13.2 Å². The molecule has 0 aliphatic heterocycles. The Morgan fingerprint density at radius 1 is 1.62 bits per heavy atom. The molecule has 4 nitrogen and oxygen atoms in total. The SMILES string of the molecule is CC(C)c1nc(=O)n(C)cc1C#N. The fourth-order valence-corrected chi connectivity index (χ4v) is 1.08. The first-order valence-electron chi connectivity index (χ1n) is 4.04. The molecule has 0 unspecified atom stereocenters. The van der Waals surface area contributed by atoms with E-state index in [9.17, 15) is 4.79 Å². The largest absolute Gasteiger partial charge is 0.347 e. The molecule has 1 aromatic rings. The third-order valence-corrected chi connectivity index (χ3v) is 1.78. The minimum absolute atomic E-state index is 0.101. The summed E-state index contributed by atoms with van der Waals surface area (Å²) in [5.74, 6) is 0.101. The van der Waals surface area contributed by atoms with Crippen molar-refractivity contribution in [3.05, 3.63) is 27.9 Å². The zero-order chi connectivity index (χ0) is 10.0. The number of hydrogen-bond acceptors (Lipinski definition) is 3. The molecule has 4 heteroatoms. The van der Waals surface area contributed by atoms with Gasteiger partial charge >= 0.3 is 5.69 Å². The fraction of sp³-hybridized carbons (Fsp3) is 0.444. The van der Waals surface area contributed by atoms with Gasteiger partial charge in [-0.15, -0.1) is 0 Å². The van der Waals surface area contributed by atoms with Crippen LogP contribution >= 0.6 is 0 Å². The van der Waals surface area contributed by atoms with Crippen molar-refractivity contribution < 1.29 is 0 Å². The fourth-order valence-electron chi connectivity index (χ4n) is 1.08. The third-order valence-electron chi connectivity index (χ3n) is 1.78. The van der Waals surface area contributed by atoms with E-state index >= 15 is 0 Å². The van der Waals surface area contributed by atoms with Gasteiger partial charge in [0.2, 0.25) is 0 Å². The van der Waals surface area contributed by atoms with Crippen LogP contribution in [0.3, 0.4) is 0 Å². The number of aromatic nitrogens is 2. The number of aryl methyl sites for hydroxylation is 1. The summed E-state index contributed by atoms with van der Waals surface area (Å²) in [6.07, 6.45) is 1.52. The van der Waals surface area contributed by atoms with E-state index in [2.05, 4.69) is 4.98 Å². The van der Waals surface area contributed by atoms with Crippen molar-refractivity contribution in [2.75, 3.05) is 0 Å². The van der Waals surface area contributed by atoms with Crippen LogP contribution in [0.15, 0.2) is 11.0 Å². The summed E-state index contributed by atoms with van der Waals surface area (Å²) < 4.78 is 1.31. The number of hydrogen-bond donors (Lipinski definition) is 0. The first kappa shape index (κ1) is 9.46. The van der Waals surface area contributed by atoms with E-state index in [0.717, 1.165) is 0 Å². The van der Waals surface area contributed by atoms with E-state index in [1.165, 1.54) is 10.8 Å². The molecule has 1 aromatic heterocycles. The molecule has 0 aliphatic rings. The predicted molar refractivity (Wildman–Crippen MR) is 48.3 cm³/mol. The lowest BCUT2D eigenvalue weighted by Gasteiger charge is -2.06. The van der Waals surface area contributed by atoms with Gasteiger partial charge in [0.15, 0.2) is 0 Å². The second kappa shape index (κ2) is 3.40. The van der Waals surface area contributed by atoms with E-state index in [4.69, 9.17) is 5.26 Å². The molecule has 0 aliphatic carbocycles. The monoisotopic (exact) mass is 177 g/mol. The van der Waals surface area contributed by atoms with Gasteiger partial charge in [-0.25, -0.2) is 4.79 Å². The second-order valence-corrected chi connectivity index (χ2v) is 3.20. The highest BCUT2D eigenvalue weighted by Crippen LogP contribution is 2.13. The Bertz CT molecular complexity index is 412. The van der Waals surface area contributed by atoms with Crippen molar-refractivity contribution in [1.29, 1.82) is 5.26 Å². The van der Waals surface area contributed by atoms with Gasteiger partial charge in [0.05, 0.1) is 11.3 Å². The van der Waals surface area contributed by atoms with Crippen molar-refractivity contribution in [3.8, 4) is 6.07 Å². The Kier molecular flexibility index (Phi) is 2.47. The van der Waals surface area contributed by atoms with Crippen molar-refractivity contribution in [2.45, 2.75) is 19.8 Å². The highest BCUT2D eigenvalue weighted by molar-refractivity contribution is 5.32. The van der Waals surface area contributed by atoms with Crippen LogP contribution < -0.4 is 5.69 Å². The Hall–Kier alpha value is -1.63. The predicted octanol–water partition coefficient (Wildman–Crippen LogP) is 0.775. The molecule has 0 N–H and O–H groups in total. The molecule has 1 heterocycles. The van der Waals surface area contributed by atoms with Crippen molar-refractivity contribution in [2.24, 2.45) is 7.05 Å². The Labute approximate surface area is 76.5 Å². The maximum Gasteiger partial charge on any atom is 0.347 e. The Balaban J connectivity index is 3.44. The molecular formula is C9H11N3O. The van der Waals surface area contributed by atoms with E-state index in [1.54, 1.807) is 7.05 Å². The van der Waals surface area contributed by atoms with E-state index < -0.39 is 0 Å². The van der Waals surface area contributed by atoms with Crippen LogP contribution in [0.4, 0.5) is 0 Å². The standard InChI is InChI=1S/C9H11N3O/c1-6(2)8-7(4-10)5-12(3)9(13)11-8/h5-6H,1-3H3. The Morgan fingerprint density at radius 2 is 2.23 bits per heavy atom. The summed E-state index contributed by atoms with van der Waals surface area (Å²) in [6, 6.07) is 2.02. The topological polar surface area (TPSA) is 58.7 Å². The minimum Gasteiger partial charge on any atom is -0.301 e. The molecule has 0 fully saturated rings. The normalized spacial score (nSPS) is 10.1. The van der Waals surface area contributed by atoms with Crippen molar-refractivity contribution in [1.82, 2.24) is 9.55 Å². The zero-order valence-corrected chi connectivity index (χ0v) is 7.90. The third kappa shape index (κ3) is 1.75. The van der Waals surface area contributed by atoms with Crippen molar-refractivity contribution >= 4 is 0 Å². The first-order valence-corrected chi connectivity index (χ1v) is 4.04. The summed E-state index contributed by atoms with van der Waals surface area (Å²) >= 11 is 0. The molecule has 0 aromatic carbocycles. The molecule has 1 rings (SSSR count). The maximum atomic E-state index is 11.2. The lowest BCUT2D eigenvalue weighted by Crippen LogP contribution is -2.22. The number of nitrogens with zero attached hydrogens (tertiary/aromatic N) is 3. The van der Waals surface area contributed by atoms with Gasteiger partial charge in [0.1, 0.15) is 6.07 Å². The molecule has 13 heavy (non-hydrogen) atoms. The summed E-state index contributed by atoms with van der Waals surface area (Å²) in [6.45, 7) is 3.81. The van der Waals surface area contributed by atoms with Crippen LogP contribution in [0.25, 0.3) is 0 Å². The summed E-state index contributed by atoms with van der Waals surface area (Å²) in [5, 5.41) is 8.78. The van der Waals surface area contributed by atoms with Gasteiger partial charge < -0.3 is 4.57 Å². The second-order valence-electron chi connectivity index (χ2n) is 3.20. The molecule has 0 amide bonds. The average Bonchev–Trinajstić information content (AvgIpc) is 2.08. The molecule has 0 saturated heterocycles. The van der Waals surface area contributed by atoms with Crippen molar-refractivity contribution in [3.63, 3.8) is 0 Å². The summed E-state index contributed by atoms with van der Waals surface area (Å²) in [4.78, 5) is 15.0. The molecule has 0 atom stereocenters. The Morgan fingerprint density at radius 3 is 2.69 bits per heavy atom. The molecule has 0 radical (unpaired) electrons. The molecule has 68 valence electrons. The number of rotatable bonds is 1. The summed E-state index contributed by atoms with van der Waals surface area (Å²) in [7, 11) is 1.58. The smallest absolute Gasteiger partial charge is 0.301 e. The number of nitriles is 1. The van der Waals surface area contributed by atoms with E-state index in [-0.39, 0.29) is 11.6 Å². The molecule has 0 saturated carbocycles. The lowest BCUT2D eigenvalue weighted by atomic mass is 10.1. The zero-order valence-electron chi connectivity index (χ0n) is 7.90. The highest BCUT2D eigenvalue weighted by Gasteiger charge is 2.09. The minimum atomic E-state index is -0.317. The van der Waals surface area contributed by atoms with E-state index in [0.29, 0.717) is 11.3 Å². The first-order chi connectivity index (χ1) is 6.06. The van der Waals surface area contributed by atoms with Crippen LogP contribution in [-0.2, 0) is 7.05 Å². The quantitative estimate of drug-likeness (QED) is 0.636. The van der Waals surface area contributed by atoms with Crippen LogP contribution in [0.1, 0.15) is 31.0 Å².